The van der Waals surface area contributed by atoms with Crippen LogP contribution in [0.5, 0.6) is 0 Å². The number of rotatable bonds is 2. The molecule has 0 saturated heterocycles. The molecule has 0 N–H and O–H groups in total. The second-order valence-corrected chi connectivity index (χ2v) is 5.31. The minimum Gasteiger partial charge on any atom is -0.256 e. The maximum atomic E-state index is 4.56. The monoisotopic (exact) mass is 302 g/mol. The molecule has 0 fully saturated rings. The van der Waals surface area contributed by atoms with Gasteiger partial charge >= 0.3 is 0 Å². The van der Waals surface area contributed by atoms with Gasteiger partial charge in [0, 0.05) is 6.20 Å². The van der Waals surface area contributed by atoms with Gasteiger partial charge in [0.25, 0.3) is 0 Å². The molecule has 4 aromatic rings. The van der Waals surface area contributed by atoms with E-state index >= 15 is 0 Å². The van der Waals surface area contributed by atoms with Crippen molar-refractivity contribution < 1.29 is 0 Å². The molecule has 0 aliphatic heterocycles. The van der Waals surface area contributed by atoms with Crippen LogP contribution in [-0.4, -0.2) is 29.5 Å². The van der Waals surface area contributed by atoms with E-state index in [9.17, 15) is 0 Å². The van der Waals surface area contributed by atoms with Crippen LogP contribution >= 0.6 is 0 Å². The van der Waals surface area contributed by atoms with Crippen molar-refractivity contribution in [1.82, 2.24) is 29.5 Å². The first-order valence-corrected chi connectivity index (χ1v) is 7.29. The SMILES string of the molecule is Cc1ncc(C)n2nc(C=Cc3cnc4ccccc4n3)nc12. The van der Waals surface area contributed by atoms with E-state index in [0.717, 1.165) is 33.8 Å². The Bertz CT molecular complexity index is 1010. The van der Waals surface area contributed by atoms with Gasteiger partial charge in [-0.3, -0.25) is 9.97 Å². The third kappa shape index (κ3) is 2.44. The standard InChI is InChI=1S/C17H14N6/c1-11-9-18-12(2)17-21-16(22-23(11)17)8-7-13-10-19-14-5-3-4-6-15(14)20-13/h3-10H,1-2H3. The minimum absolute atomic E-state index is 0.624. The molecule has 0 bridgehead atoms. The van der Waals surface area contributed by atoms with Crippen LogP contribution < -0.4 is 0 Å². The lowest BCUT2D eigenvalue weighted by molar-refractivity contribution is 0.884. The van der Waals surface area contributed by atoms with E-state index in [1.165, 1.54) is 0 Å². The van der Waals surface area contributed by atoms with Crippen LogP contribution in [0.15, 0.2) is 36.7 Å². The van der Waals surface area contributed by atoms with E-state index in [4.69, 9.17) is 0 Å². The predicted octanol–water partition coefficient (Wildman–Crippen LogP) is 2.85. The van der Waals surface area contributed by atoms with E-state index in [1.807, 2.05) is 50.3 Å². The number of para-hydroxylation sites is 2. The van der Waals surface area contributed by atoms with Gasteiger partial charge in [0.2, 0.25) is 0 Å². The van der Waals surface area contributed by atoms with Crippen LogP contribution in [0.1, 0.15) is 22.9 Å². The molecule has 23 heavy (non-hydrogen) atoms. The number of nitrogens with zero attached hydrogens (tertiary/aromatic N) is 6. The van der Waals surface area contributed by atoms with Crippen LogP contribution in [0.25, 0.3) is 28.8 Å². The fourth-order valence-electron chi connectivity index (χ4n) is 2.39. The molecule has 0 aliphatic carbocycles. The maximum Gasteiger partial charge on any atom is 0.177 e. The molecule has 1 aromatic carbocycles. The number of fused-ring (bicyclic) bond motifs is 2. The first-order valence-electron chi connectivity index (χ1n) is 7.29. The Morgan fingerprint density at radius 2 is 1.74 bits per heavy atom. The summed E-state index contributed by atoms with van der Waals surface area (Å²) in [5, 5.41) is 4.48. The highest BCUT2D eigenvalue weighted by molar-refractivity contribution is 5.76. The van der Waals surface area contributed by atoms with E-state index in [1.54, 1.807) is 16.9 Å². The van der Waals surface area contributed by atoms with Gasteiger partial charge in [0.1, 0.15) is 0 Å². The molecular formula is C17H14N6. The Morgan fingerprint density at radius 3 is 2.57 bits per heavy atom. The fraction of sp³-hybridized carbons (Fsp3) is 0.118. The summed E-state index contributed by atoms with van der Waals surface area (Å²) in [5.74, 6) is 0.624. The molecule has 112 valence electrons. The summed E-state index contributed by atoms with van der Waals surface area (Å²) in [6.07, 6.45) is 7.24. The summed E-state index contributed by atoms with van der Waals surface area (Å²) in [5.41, 5.74) is 5.10. The molecule has 0 radical (unpaired) electrons. The van der Waals surface area contributed by atoms with Gasteiger partial charge in [-0.05, 0) is 38.1 Å². The van der Waals surface area contributed by atoms with E-state index in [0.29, 0.717) is 5.82 Å². The Labute approximate surface area is 132 Å². The fourth-order valence-corrected chi connectivity index (χ4v) is 2.39. The lowest BCUT2D eigenvalue weighted by Crippen LogP contribution is -1.97. The smallest absolute Gasteiger partial charge is 0.177 e. The van der Waals surface area contributed by atoms with Crippen LogP contribution in [0, 0.1) is 13.8 Å². The van der Waals surface area contributed by atoms with Crippen molar-refractivity contribution in [2.45, 2.75) is 13.8 Å². The zero-order valence-corrected chi connectivity index (χ0v) is 12.8. The van der Waals surface area contributed by atoms with E-state index in [-0.39, 0.29) is 0 Å². The van der Waals surface area contributed by atoms with Crippen LogP contribution in [0.4, 0.5) is 0 Å². The highest BCUT2D eigenvalue weighted by Crippen LogP contribution is 2.12. The summed E-state index contributed by atoms with van der Waals surface area (Å²) >= 11 is 0. The largest absolute Gasteiger partial charge is 0.256 e. The zero-order chi connectivity index (χ0) is 15.8. The van der Waals surface area contributed by atoms with Crippen LogP contribution in [0.3, 0.4) is 0 Å². The zero-order valence-electron chi connectivity index (χ0n) is 12.8. The molecule has 0 spiro atoms. The van der Waals surface area contributed by atoms with Gasteiger partial charge in [-0.15, -0.1) is 5.10 Å². The Kier molecular flexibility index (Phi) is 3.08. The molecule has 0 aliphatic rings. The molecule has 0 amide bonds. The highest BCUT2D eigenvalue weighted by atomic mass is 15.3. The first kappa shape index (κ1) is 13.5. The second-order valence-electron chi connectivity index (χ2n) is 5.31. The Morgan fingerprint density at radius 1 is 0.913 bits per heavy atom. The number of aromatic nitrogens is 6. The molecule has 6 nitrogen and oxygen atoms in total. The summed E-state index contributed by atoms with van der Waals surface area (Å²) in [6.45, 7) is 3.88. The van der Waals surface area contributed by atoms with Crippen molar-refractivity contribution in [3.05, 3.63) is 59.6 Å². The number of aryl methyl sites for hydroxylation is 2. The lowest BCUT2D eigenvalue weighted by Gasteiger charge is -1.97. The number of hydrogen-bond donors (Lipinski definition) is 0. The normalized spacial score (nSPS) is 11.7. The average Bonchev–Trinajstić information content (AvgIpc) is 3.02. The third-order valence-electron chi connectivity index (χ3n) is 3.60. The van der Waals surface area contributed by atoms with Gasteiger partial charge in [-0.25, -0.2) is 14.5 Å². The molecule has 0 unspecified atom stereocenters. The molecule has 3 aromatic heterocycles. The number of hydrogen-bond acceptors (Lipinski definition) is 5. The second kappa shape index (κ2) is 5.24. The maximum absolute atomic E-state index is 4.56. The summed E-state index contributed by atoms with van der Waals surface area (Å²) in [4.78, 5) is 17.8. The van der Waals surface area contributed by atoms with Gasteiger partial charge in [-0.1, -0.05) is 12.1 Å². The van der Waals surface area contributed by atoms with Crippen molar-refractivity contribution in [1.29, 1.82) is 0 Å². The van der Waals surface area contributed by atoms with Crippen molar-refractivity contribution in [2.75, 3.05) is 0 Å². The molecule has 3 heterocycles. The van der Waals surface area contributed by atoms with Crippen molar-refractivity contribution in [3.8, 4) is 0 Å². The van der Waals surface area contributed by atoms with Crippen molar-refractivity contribution in [3.63, 3.8) is 0 Å². The number of benzene rings is 1. The molecular weight excluding hydrogens is 288 g/mol. The quantitative estimate of drug-likeness (QED) is 0.569. The molecule has 6 heteroatoms. The molecule has 0 atom stereocenters. The summed E-state index contributed by atoms with van der Waals surface area (Å²) in [7, 11) is 0. The van der Waals surface area contributed by atoms with Crippen LogP contribution in [0.2, 0.25) is 0 Å². The third-order valence-corrected chi connectivity index (χ3v) is 3.60. The van der Waals surface area contributed by atoms with E-state index < -0.39 is 0 Å². The van der Waals surface area contributed by atoms with Gasteiger partial charge < -0.3 is 0 Å². The van der Waals surface area contributed by atoms with Crippen molar-refractivity contribution >= 4 is 28.8 Å². The van der Waals surface area contributed by atoms with Crippen molar-refractivity contribution in [2.24, 2.45) is 0 Å². The highest BCUT2D eigenvalue weighted by Gasteiger charge is 2.06. The van der Waals surface area contributed by atoms with Gasteiger partial charge in [-0.2, -0.15) is 0 Å². The predicted molar refractivity (Wildman–Crippen MR) is 88.7 cm³/mol. The topological polar surface area (TPSA) is 68.9 Å². The first-order chi connectivity index (χ1) is 11.2. The summed E-state index contributed by atoms with van der Waals surface area (Å²) < 4.78 is 1.80. The van der Waals surface area contributed by atoms with Crippen LogP contribution in [-0.2, 0) is 0 Å². The Hall–Kier alpha value is -3.15. The average molecular weight is 302 g/mol. The summed E-state index contributed by atoms with van der Waals surface area (Å²) in [6, 6.07) is 7.79. The minimum atomic E-state index is 0.624. The van der Waals surface area contributed by atoms with E-state index in [2.05, 4.69) is 25.0 Å². The Balaban J connectivity index is 1.72. The van der Waals surface area contributed by atoms with Gasteiger partial charge in [0.05, 0.1) is 34.3 Å². The lowest BCUT2D eigenvalue weighted by atomic mass is 10.3. The molecule has 0 saturated carbocycles. The van der Waals surface area contributed by atoms with Gasteiger partial charge in [0.15, 0.2) is 11.5 Å². The molecule has 4 rings (SSSR count).